The van der Waals surface area contributed by atoms with Gasteiger partial charge in [0.15, 0.2) is 0 Å². The molecule has 1 heterocycles. The van der Waals surface area contributed by atoms with E-state index in [0.29, 0.717) is 18.2 Å². The van der Waals surface area contributed by atoms with Gasteiger partial charge < -0.3 is 11.5 Å². The predicted octanol–water partition coefficient (Wildman–Crippen LogP) is 6.22. The van der Waals surface area contributed by atoms with Crippen molar-refractivity contribution >= 4 is 5.71 Å². The molecule has 1 unspecified atom stereocenters. The summed E-state index contributed by atoms with van der Waals surface area (Å²) >= 11 is 0. The molecule has 2 rings (SSSR count). The standard InChI is InChI=1S/C27H39N3/c1-6-8-9-25-24(17-15-21-11-13-22(18-28)14-12-21)26(27(30-25)20(5)29)23(7-2)16-10-19(3)4/h7,10-14,16,19,24H,5-6,8-9,15,17-18,28-29H2,1-4H3/b16-10+,23-7-. The minimum absolute atomic E-state index is 0.282. The molecule has 0 aromatic heterocycles. The van der Waals surface area contributed by atoms with Crippen molar-refractivity contribution in [1.29, 1.82) is 0 Å². The van der Waals surface area contributed by atoms with Crippen molar-refractivity contribution in [2.24, 2.45) is 28.3 Å². The van der Waals surface area contributed by atoms with Gasteiger partial charge in [0, 0.05) is 18.2 Å². The van der Waals surface area contributed by atoms with Crippen molar-refractivity contribution in [3.63, 3.8) is 0 Å². The minimum Gasteiger partial charge on any atom is -0.397 e. The van der Waals surface area contributed by atoms with Crippen LogP contribution in [0.2, 0.25) is 0 Å². The minimum atomic E-state index is 0.282. The predicted molar refractivity (Wildman–Crippen MR) is 131 cm³/mol. The van der Waals surface area contributed by atoms with Crippen molar-refractivity contribution in [2.75, 3.05) is 0 Å². The molecule has 162 valence electrons. The molecule has 0 aliphatic carbocycles. The fourth-order valence-electron chi connectivity index (χ4n) is 3.89. The van der Waals surface area contributed by atoms with Gasteiger partial charge >= 0.3 is 0 Å². The monoisotopic (exact) mass is 405 g/mol. The topological polar surface area (TPSA) is 64.4 Å². The second-order valence-electron chi connectivity index (χ2n) is 8.45. The van der Waals surface area contributed by atoms with Crippen LogP contribution < -0.4 is 11.5 Å². The van der Waals surface area contributed by atoms with E-state index in [2.05, 4.69) is 76.8 Å². The summed E-state index contributed by atoms with van der Waals surface area (Å²) in [7, 11) is 0. The molecule has 0 amide bonds. The third-order valence-electron chi connectivity index (χ3n) is 5.61. The van der Waals surface area contributed by atoms with Gasteiger partial charge in [0.25, 0.3) is 0 Å². The van der Waals surface area contributed by atoms with E-state index in [-0.39, 0.29) is 5.92 Å². The Morgan fingerprint density at radius 2 is 1.83 bits per heavy atom. The molecule has 30 heavy (non-hydrogen) atoms. The SMILES string of the molecule is C=C(N)C1=C(C(=C\C)/C=C/C(C)C)C(CCc2ccc(CN)cc2)C(CCCC)=N1. The quantitative estimate of drug-likeness (QED) is 0.429. The van der Waals surface area contributed by atoms with Crippen LogP contribution >= 0.6 is 0 Å². The molecule has 0 radical (unpaired) electrons. The number of aryl methyl sites for hydroxylation is 1. The summed E-state index contributed by atoms with van der Waals surface area (Å²) in [5.41, 5.74) is 19.6. The number of allylic oxidation sites excluding steroid dienone is 5. The van der Waals surface area contributed by atoms with E-state index in [1.165, 1.54) is 28.0 Å². The smallest absolute Gasteiger partial charge is 0.0896 e. The average Bonchev–Trinajstić information content (AvgIpc) is 3.10. The fraction of sp³-hybridized carbons (Fsp3) is 0.444. The van der Waals surface area contributed by atoms with Crippen LogP contribution in [-0.2, 0) is 13.0 Å². The first-order valence-electron chi connectivity index (χ1n) is 11.3. The van der Waals surface area contributed by atoms with E-state index in [0.717, 1.165) is 37.8 Å². The summed E-state index contributed by atoms with van der Waals surface area (Å²) in [6.45, 7) is 13.3. The lowest BCUT2D eigenvalue weighted by Crippen LogP contribution is -2.16. The zero-order valence-electron chi connectivity index (χ0n) is 19.2. The van der Waals surface area contributed by atoms with Crippen molar-refractivity contribution in [2.45, 2.75) is 66.3 Å². The number of unbranched alkanes of at least 4 members (excludes halogenated alkanes) is 1. The summed E-state index contributed by atoms with van der Waals surface area (Å²) < 4.78 is 0. The molecular weight excluding hydrogens is 366 g/mol. The Bertz CT molecular complexity index is 835. The lowest BCUT2D eigenvalue weighted by atomic mass is 9.82. The molecule has 1 atom stereocenters. The Morgan fingerprint density at radius 1 is 1.17 bits per heavy atom. The molecule has 4 N–H and O–H groups in total. The number of rotatable bonds is 11. The summed E-state index contributed by atoms with van der Waals surface area (Å²) in [6.07, 6.45) is 12.0. The van der Waals surface area contributed by atoms with E-state index in [4.69, 9.17) is 16.5 Å². The van der Waals surface area contributed by atoms with E-state index >= 15 is 0 Å². The molecule has 1 aliphatic heterocycles. The highest BCUT2D eigenvalue weighted by atomic mass is 14.9. The third kappa shape index (κ3) is 6.30. The zero-order valence-corrected chi connectivity index (χ0v) is 19.2. The number of hydrogen-bond acceptors (Lipinski definition) is 3. The van der Waals surface area contributed by atoms with Gasteiger partial charge in [0.2, 0.25) is 0 Å². The highest BCUT2D eigenvalue weighted by molar-refractivity contribution is 5.95. The summed E-state index contributed by atoms with van der Waals surface area (Å²) in [4.78, 5) is 5.00. The Kier molecular flexibility index (Phi) is 9.32. The van der Waals surface area contributed by atoms with Gasteiger partial charge in [0.05, 0.1) is 11.4 Å². The fourth-order valence-corrected chi connectivity index (χ4v) is 3.89. The van der Waals surface area contributed by atoms with Gasteiger partial charge in [-0.05, 0) is 60.8 Å². The van der Waals surface area contributed by atoms with E-state index in [9.17, 15) is 0 Å². The summed E-state index contributed by atoms with van der Waals surface area (Å²) in [6, 6.07) is 8.65. The zero-order chi connectivity index (χ0) is 22.1. The van der Waals surface area contributed by atoms with Crippen LogP contribution in [0.25, 0.3) is 0 Å². The number of nitrogens with two attached hydrogens (primary N) is 2. The molecule has 0 spiro atoms. The van der Waals surface area contributed by atoms with Gasteiger partial charge in [-0.3, -0.25) is 4.99 Å². The average molecular weight is 406 g/mol. The van der Waals surface area contributed by atoms with Crippen LogP contribution in [0.3, 0.4) is 0 Å². The van der Waals surface area contributed by atoms with Gasteiger partial charge in [0.1, 0.15) is 0 Å². The molecule has 0 bridgehead atoms. The number of hydrogen-bond donors (Lipinski definition) is 2. The van der Waals surface area contributed by atoms with E-state index in [1.807, 2.05) is 0 Å². The first-order valence-corrected chi connectivity index (χ1v) is 11.3. The van der Waals surface area contributed by atoms with Crippen LogP contribution in [0.5, 0.6) is 0 Å². The second kappa shape index (κ2) is 11.7. The Morgan fingerprint density at radius 3 is 2.37 bits per heavy atom. The third-order valence-corrected chi connectivity index (χ3v) is 5.61. The van der Waals surface area contributed by atoms with Crippen molar-refractivity contribution in [3.05, 3.63) is 82.7 Å². The maximum Gasteiger partial charge on any atom is 0.0896 e. The number of benzene rings is 1. The van der Waals surface area contributed by atoms with E-state index in [1.54, 1.807) is 0 Å². The summed E-state index contributed by atoms with van der Waals surface area (Å²) in [5.74, 6) is 0.774. The van der Waals surface area contributed by atoms with Crippen LogP contribution in [0.15, 0.2) is 76.6 Å². The number of aliphatic imine (C=N–C) groups is 1. The Balaban J connectivity index is 2.36. The second-order valence-corrected chi connectivity index (χ2v) is 8.45. The first kappa shape index (κ1) is 23.9. The Hall–Kier alpha value is -2.39. The van der Waals surface area contributed by atoms with Crippen LogP contribution in [0.4, 0.5) is 0 Å². The lowest BCUT2D eigenvalue weighted by Gasteiger charge is -2.20. The first-order chi connectivity index (χ1) is 14.4. The van der Waals surface area contributed by atoms with Crippen molar-refractivity contribution in [3.8, 4) is 0 Å². The lowest BCUT2D eigenvalue weighted by molar-refractivity contribution is 0.697. The van der Waals surface area contributed by atoms with Gasteiger partial charge in [-0.15, -0.1) is 0 Å². The highest BCUT2D eigenvalue weighted by Gasteiger charge is 2.31. The van der Waals surface area contributed by atoms with E-state index < -0.39 is 0 Å². The van der Waals surface area contributed by atoms with Gasteiger partial charge in [-0.25, -0.2) is 0 Å². The molecule has 0 fully saturated rings. The molecule has 0 saturated heterocycles. The normalized spacial score (nSPS) is 17.3. The largest absolute Gasteiger partial charge is 0.397 e. The molecule has 0 saturated carbocycles. The Labute approximate surface area is 183 Å². The molecular formula is C27H39N3. The van der Waals surface area contributed by atoms with Gasteiger partial charge in [-0.1, -0.05) is 76.3 Å². The molecule has 1 aromatic carbocycles. The molecule has 1 aliphatic rings. The van der Waals surface area contributed by atoms with Crippen LogP contribution in [-0.4, -0.2) is 5.71 Å². The van der Waals surface area contributed by atoms with Crippen LogP contribution in [0, 0.1) is 11.8 Å². The highest BCUT2D eigenvalue weighted by Crippen LogP contribution is 2.38. The molecule has 3 nitrogen and oxygen atoms in total. The molecule has 1 aromatic rings. The van der Waals surface area contributed by atoms with Crippen molar-refractivity contribution in [1.82, 2.24) is 0 Å². The maximum atomic E-state index is 6.21. The molecule has 3 heteroatoms. The number of nitrogens with zero attached hydrogens (tertiary/aromatic N) is 1. The van der Waals surface area contributed by atoms with Crippen molar-refractivity contribution < 1.29 is 0 Å². The summed E-state index contributed by atoms with van der Waals surface area (Å²) in [5, 5.41) is 0. The van der Waals surface area contributed by atoms with Gasteiger partial charge in [-0.2, -0.15) is 0 Å². The maximum absolute atomic E-state index is 6.21. The van der Waals surface area contributed by atoms with Crippen LogP contribution in [0.1, 0.15) is 64.5 Å².